The van der Waals surface area contributed by atoms with Crippen LogP contribution in [0.5, 0.6) is 0 Å². The largest absolute Gasteiger partial charge is 0.458 e. The summed E-state index contributed by atoms with van der Waals surface area (Å²) in [6.07, 6.45) is 0.208. The van der Waals surface area contributed by atoms with Gasteiger partial charge >= 0.3 is 12.1 Å². The van der Waals surface area contributed by atoms with Crippen molar-refractivity contribution in [3.63, 3.8) is 0 Å². The molecule has 14 heteroatoms. The van der Waals surface area contributed by atoms with E-state index in [0.717, 1.165) is 44.3 Å². The predicted molar refractivity (Wildman–Crippen MR) is 213 cm³/mol. The summed E-state index contributed by atoms with van der Waals surface area (Å²) in [4.78, 5) is 64.9. The molecule has 4 N–H and O–H groups in total. The molecule has 302 valence electrons. The lowest BCUT2D eigenvalue weighted by atomic mass is 9.79. The minimum absolute atomic E-state index is 0.00342. The Morgan fingerprint density at radius 2 is 1.68 bits per heavy atom. The predicted octanol–water partition coefficient (Wildman–Crippen LogP) is 4.86. The Balaban J connectivity index is 0.840. The maximum absolute atomic E-state index is 15.3. The molecular formula is C45H41FN4O9. The zero-order valence-electron chi connectivity index (χ0n) is 32.4. The highest BCUT2D eigenvalue weighted by Crippen LogP contribution is 2.48. The number of halogens is 1. The number of aromatic nitrogens is 1. The zero-order chi connectivity index (χ0) is 41.2. The average Bonchev–Trinajstić information content (AvgIpc) is 3.77. The van der Waals surface area contributed by atoms with Gasteiger partial charge in [-0.2, -0.15) is 0 Å². The number of nitrogens with zero attached hydrogens (tertiary/aromatic N) is 1. The van der Waals surface area contributed by atoms with Gasteiger partial charge in [0.25, 0.3) is 5.56 Å². The van der Waals surface area contributed by atoms with Crippen LogP contribution in [0.25, 0.3) is 33.2 Å². The van der Waals surface area contributed by atoms with Crippen molar-refractivity contribution in [3.05, 3.63) is 127 Å². The molecule has 2 aliphatic heterocycles. The van der Waals surface area contributed by atoms with Crippen molar-refractivity contribution in [2.45, 2.75) is 63.8 Å². The van der Waals surface area contributed by atoms with E-state index in [0.29, 0.717) is 35.0 Å². The molecule has 0 unspecified atom stereocenters. The van der Waals surface area contributed by atoms with Gasteiger partial charge in [-0.3, -0.25) is 14.4 Å². The first-order chi connectivity index (χ1) is 28.5. The lowest BCUT2D eigenvalue weighted by Gasteiger charge is -2.31. The SMILES string of the molecule is CC[C@@]1(O)C(=O)OCc2c1cc1n(c2=O)Cc2c-1cc1cc(F)c(C)c3c1c2[C@@H](NC(=O)COCNC(=O)CNC(=O)OCC1c2ccccc2-c2ccccc21)CC3. The van der Waals surface area contributed by atoms with Crippen LogP contribution in [-0.4, -0.2) is 60.0 Å². The Kier molecular flexibility index (Phi) is 9.55. The Morgan fingerprint density at radius 3 is 2.41 bits per heavy atom. The second-order valence-corrected chi connectivity index (χ2v) is 15.4. The number of hydrogen-bond acceptors (Lipinski definition) is 9. The number of cyclic esters (lactones) is 1. The van der Waals surface area contributed by atoms with Crippen LogP contribution in [0, 0.1) is 12.7 Å². The molecule has 4 aromatic carbocycles. The second kappa shape index (κ2) is 14.8. The first kappa shape index (κ1) is 38.2. The molecule has 3 heterocycles. The normalized spacial score (nSPS) is 18.2. The van der Waals surface area contributed by atoms with Gasteiger partial charge in [0.1, 0.15) is 38.9 Å². The number of rotatable bonds is 10. The highest BCUT2D eigenvalue weighted by atomic mass is 19.1. The summed E-state index contributed by atoms with van der Waals surface area (Å²) < 4.78 is 33.1. The molecule has 3 amide bonds. The molecular weight excluding hydrogens is 760 g/mol. The Hall–Kier alpha value is -6.38. The number of nitrogens with one attached hydrogen (secondary N) is 3. The summed E-state index contributed by atoms with van der Waals surface area (Å²) >= 11 is 0. The molecule has 0 spiro atoms. The molecule has 2 atom stereocenters. The highest BCUT2D eigenvalue weighted by molar-refractivity contribution is 5.98. The number of benzene rings is 4. The fourth-order valence-electron chi connectivity index (χ4n) is 9.28. The summed E-state index contributed by atoms with van der Waals surface area (Å²) in [6.45, 7) is 2.32. The number of esters is 1. The summed E-state index contributed by atoms with van der Waals surface area (Å²) in [5.74, 6) is -2.31. The molecule has 0 radical (unpaired) electrons. The first-order valence-electron chi connectivity index (χ1n) is 19.7. The molecule has 1 aromatic heterocycles. The van der Waals surface area contributed by atoms with E-state index in [1.165, 1.54) is 6.07 Å². The molecule has 5 aromatic rings. The van der Waals surface area contributed by atoms with Gasteiger partial charge in [-0.15, -0.1) is 0 Å². The van der Waals surface area contributed by atoms with Gasteiger partial charge in [0.05, 0.1) is 23.8 Å². The van der Waals surface area contributed by atoms with E-state index in [4.69, 9.17) is 14.2 Å². The number of carbonyl (C=O) groups excluding carboxylic acids is 4. The quantitative estimate of drug-likeness (QED) is 0.0857. The number of hydrogen-bond donors (Lipinski definition) is 4. The number of ether oxygens (including phenoxy) is 3. The topological polar surface area (TPSA) is 174 Å². The van der Waals surface area contributed by atoms with Gasteiger partial charge in [-0.05, 0) is 99.7 Å². The van der Waals surface area contributed by atoms with E-state index in [-0.39, 0.29) is 68.9 Å². The van der Waals surface area contributed by atoms with Crippen molar-refractivity contribution in [2.24, 2.45) is 0 Å². The molecule has 0 bridgehead atoms. The van der Waals surface area contributed by atoms with Crippen molar-refractivity contribution in [2.75, 3.05) is 26.5 Å². The monoisotopic (exact) mass is 800 g/mol. The van der Waals surface area contributed by atoms with E-state index >= 15 is 4.39 Å². The summed E-state index contributed by atoms with van der Waals surface area (Å²) in [5.41, 5.74) is 6.39. The number of aryl methyl sites for hydroxylation is 1. The van der Waals surface area contributed by atoms with Crippen LogP contribution < -0.4 is 21.5 Å². The summed E-state index contributed by atoms with van der Waals surface area (Å²) in [7, 11) is 0. The summed E-state index contributed by atoms with van der Waals surface area (Å²) in [5, 5.41) is 20.8. The lowest BCUT2D eigenvalue weighted by Crippen LogP contribution is -2.44. The van der Waals surface area contributed by atoms with Crippen LogP contribution in [0.4, 0.5) is 9.18 Å². The zero-order valence-corrected chi connectivity index (χ0v) is 32.4. The number of fused-ring (bicyclic) bond motifs is 8. The van der Waals surface area contributed by atoms with E-state index in [2.05, 4.69) is 16.0 Å². The van der Waals surface area contributed by atoms with Crippen LogP contribution in [0.2, 0.25) is 0 Å². The molecule has 13 nitrogen and oxygen atoms in total. The lowest BCUT2D eigenvalue weighted by molar-refractivity contribution is -0.172. The van der Waals surface area contributed by atoms with Gasteiger partial charge in [0, 0.05) is 17.0 Å². The number of pyridine rings is 1. The van der Waals surface area contributed by atoms with Crippen molar-refractivity contribution >= 4 is 34.6 Å². The van der Waals surface area contributed by atoms with Gasteiger partial charge in [-0.25, -0.2) is 14.0 Å². The number of amides is 3. The van der Waals surface area contributed by atoms with Crippen LogP contribution in [0.1, 0.15) is 76.2 Å². The third-order valence-electron chi connectivity index (χ3n) is 12.2. The van der Waals surface area contributed by atoms with Gasteiger partial charge < -0.3 is 39.8 Å². The highest BCUT2D eigenvalue weighted by Gasteiger charge is 2.46. The smallest absolute Gasteiger partial charge is 0.407 e. The Bertz CT molecular complexity index is 2650. The van der Waals surface area contributed by atoms with Crippen molar-refractivity contribution in [3.8, 4) is 22.4 Å². The minimum atomic E-state index is -1.98. The first-order valence-corrected chi connectivity index (χ1v) is 19.7. The van der Waals surface area contributed by atoms with Crippen molar-refractivity contribution < 1.29 is 42.9 Å². The molecule has 0 saturated heterocycles. The third kappa shape index (κ3) is 6.34. The van der Waals surface area contributed by atoms with Gasteiger partial charge in [0.2, 0.25) is 11.8 Å². The Morgan fingerprint density at radius 1 is 0.949 bits per heavy atom. The van der Waals surface area contributed by atoms with Crippen LogP contribution >= 0.6 is 0 Å². The third-order valence-corrected chi connectivity index (χ3v) is 12.2. The molecule has 59 heavy (non-hydrogen) atoms. The fraction of sp³-hybridized carbons (Fsp3) is 0.311. The number of carbonyl (C=O) groups is 4. The van der Waals surface area contributed by atoms with Gasteiger partial charge in [0.15, 0.2) is 5.60 Å². The van der Waals surface area contributed by atoms with Crippen molar-refractivity contribution in [1.82, 2.24) is 20.5 Å². The van der Waals surface area contributed by atoms with E-state index < -0.39 is 41.1 Å². The molecule has 9 rings (SSSR count). The van der Waals surface area contributed by atoms with E-state index in [1.807, 2.05) is 54.6 Å². The van der Waals surface area contributed by atoms with E-state index in [9.17, 15) is 29.1 Å². The molecule has 0 fully saturated rings. The summed E-state index contributed by atoms with van der Waals surface area (Å²) in [6, 6.07) is 20.4. The molecule has 4 aliphatic rings. The van der Waals surface area contributed by atoms with Crippen LogP contribution in [0.15, 0.2) is 71.5 Å². The standard InChI is InChI=1S/C45H41FN4O9/c1-3-45(56)34-16-37-30-14-24-15-35(46)23(2)25-12-13-36(41(40(24)25)31(30)18-50(37)42(53)33(34)20-58-43(45)54)49-39(52)21-57-22-48-38(51)17-47-44(55)59-19-32-28-10-6-4-8-26(28)27-9-5-7-11-29(27)32/h4-11,14-16,32,36,56H,3,12-13,17-22H2,1-2H3,(H,47,55)(H,48,51)(H,49,52)/t36-,45-/m0/s1. The fourth-order valence-corrected chi connectivity index (χ4v) is 9.28. The maximum Gasteiger partial charge on any atom is 0.407 e. The maximum atomic E-state index is 15.3. The van der Waals surface area contributed by atoms with Crippen LogP contribution in [0.3, 0.4) is 0 Å². The molecule has 2 aliphatic carbocycles. The number of aliphatic hydroxyl groups is 1. The van der Waals surface area contributed by atoms with E-state index in [1.54, 1.807) is 24.5 Å². The van der Waals surface area contributed by atoms with Gasteiger partial charge in [-0.1, -0.05) is 55.5 Å². The minimum Gasteiger partial charge on any atom is -0.458 e. The number of alkyl carbamates (subject to hydrolysis) is 1. The molecule has 0 saturated carbocycles. The average molecular weight is 801 g/mol. The van der Waals surface area contributed by atoms with Crippen LogP contribution in [-0.2, 0) is 53.8 Å². The Labute approximate surface area is 337 Å². The second-order valence-electron chi connectivity index (χ2n) is 15.4. The van der Waals surface area contributed by atoms with Crippen molar-refractivity contribution in [1.29, 1.82) is 0 Å².